The van der Waals surface area contributed by atoms with E-state index in [1.807, 2.05) is 18.3 Å². The number of amides is 1. The molecule has 0 fully saturated rings. The number of halogens is 1. The lowest BCUT2D eigenvalue weighted by atomic mass is 10.3. The largest absolute Gasteiger partial charge is 0.353 e. The van der Waals surface area contributed by atoms with Gasteiger partial charge in [-0.2, -0.15) is 5.10 Å². The summed E-state index contributed by atoms with van der Waals surface area (Å²) >= 11 is 3.32. The van der Waals surface area contributed by atoms with Crippen molar-refractivity contribution in [2.45, 2.75) is 12.6 Å². The van der Waals surface area contributed by atoms with Crippen molar-refractivity contribution < 1.29 is 4.79 Å². The molecule has 0 spiro atoms. The lowest BCUT2D eigenvalue weighted by molar-refractivity contribution is -0.121. The molecule has 0 radical (unpaired) electrons. The van der Waals surface area contributed by atoms with E-state index in [-0.39, 0.29) is 11.9 Å². The summed E-state index contributed by atoms with van der Waals surface area (Å²) in [5.74, 6) is 0.0139. The molecule has 1 aromatic rings. The second-order valence-electron chi connectivity index (χ2n) is 3.53. The van der Waals surface area contributed by atoms with Gasteiger partial charge in [0.05, 0.1) is 17.2 Å². The van der Waals surface area contributed by atoms with Crippen molar-refractivity contribution in [1.82, 2.24) is 20.4 Å². The molecule has 1 atom stereocenters. The first-order valence-corrected chi connectivity index (χ1v) is 5.91. The Balaban J connectivity index is 1.71. The minimum Gasteiger partial charge on any atom is -0.353 e. The predicted molar refractivity (Wildman–Crippen MR) is 63.9 cm³/mol. The monoisotopic (exact) mass is 284 g/mol. The Morgan fingerprint density at radius 3 is 3.25 bits per heavy atom. The number of nitrogens with one attached hydrogen (secondary N) is 2. The van der Waals surface area contributed by atoms with Crippen molar-refractivity contribution in [2.24, 2.45) is 0 Å². The summed E-state index contributed by atoms with van der Waals surface area (Å²) in [4.78, 5) is 11.6. The molecule has 16 heavy (non-hydrogen) atoms. The summed E-state index contributed by atoms with van der Waals surface area (Å²) in [7, 11) is 0. The first-order chi connectivity index (χ1) is 7.75. The van der Waals surface area contributed by atoms with Crippen molar-refractivity contribution in [3.8, 4) is 0 Å². The molecule has 1 aliphatic rings. The van der Waals surface area contributed by atoms with E-state index in [1.54, 1.807) is 10.9 Å². The van der Waals surface area contributed by atoms with E-state index in [0.717, 1.165) is 11.0 Å². The van der Waals surface area contributed by atoms with Crippen LogP contribution in [-0.4, -0.2) is 34.8 Å². The normalized spacial score (nSPS) is 18.9. The molecule has 1 aromatic heterocycles. The first kappa shape index (κ1) is 11.3. The van der Waals surface area contributed by atoms with Gasteiger partial charge < -0.3 is 5.32 Å². The number of aromatic nitrogens is 2. The van der Waals surface area contributed by atoms with Gasteiger partial charge in [0.1, 0.15) is 6.04 Å². The van der Waals surface area contributed by atoms with Crippen molar-refractivity contribution in [3.05, 3.63) is 29.0 Å². The van der Waals surface area contributed by atoms with Crippen LogP contribution < -0.4 is 10.6 Å². The second-order valence-corrected chi connectivity index (χ2v) is 4.44. The standard InChI is InChI=1S/C10H13BrN4O/c11-8-6-14-15(7-8)5-4-13-10(16)9-2-1-3-12-9/h1-2,6-7,9,12H,3-5H2,(H,13,16). The minimum absolute atomic E-state index is 0.0139. The van der Waals surface area contributed by atoms with Crippen LogP contribution in [0.3, 0.4) is 0 Å². The first-order valence-electron chi connectivity index (χ1n) is 5.11. The van der Waals surface area contributed by atoms with Crippen LogP contribution in [0.1, 0.15) is 0 Å². The molecular formula is C10H13BrN4O. The molecule has 0 aromatic carbocycles. The van der Waals surface area contributed by atoms with Crippen LogP contribution in [0.25, 0.3) is 0 Å². The van der Waals surface area contributed by atoms with Crippen molar-refractivity contribution >= 4 is 21.8 Å². The van der Waals surface area contributed by atoms with Gasteiger partial charge in [-0.15, -0.1) is 0 Å². The highest BCUT2D eigenvalue weighted by atomic mass is 79.9. The average molecular weight is 285 g/mol. The van der Waals surface area contributed by atoms with Crippen LogP contribution in [0.4, 0.5) is 0 Å². The number of nitrogens with zero attached hydrogens (tertiary/aromatic N) is 2. The maximum atomic E-state index is 11.6. The number of hydrogen-bond donors (Lipinski definition) is 2. The minimum atomic E-state index is -0.177. The highest BCUT2D eigenvalue weighted by Crippen LogP contribution is 2.05. The van der Waals surface area contributed by atoms with Crippen molar-refractivity contribution in [2.75, 3.05) is 13.1 Å². The highest BCUT2D eigenvalue weighted by Gasteiger charge is 2.16. The maximum Gasteiger partial charge on any atom is 0.241 e. The third kappa shape index (κ3) is 2.93. The molecule has 1 amide bonds. The van der Waals surface area contributed by atoms with Crippen molar-refractivity contribution in [1.29, 1.82) is 0 Å². The second kappa shape index (κ2) is 5.27. The lowest BCUT2D eigenvalue weighted by Crippen LogP contribution is -2.41. The Morgan fingerprint density at radius 1 is 1.75 bits per heavy atom. The van der Waals surface area contributed by atoms with Gasteiger partial charge in [-0.25, -0.2) is 0 Å². The van der Waals surface area contributed by atoms with E-state index in [1.165, 1.54) is 0 Å². The summed E-state index contributed by atoms with van der Waals surface area (Å²) in [5, 5.41) is 10.0. The summed E-state index contributed by atoms with van der Waals surface area (Å²) in [6.45, 7) is 2.02. The Hall–Kier alpha value is -1.14. The molecule has 2 heterocycles. The van der Waals surface area contributed by atoms with Gasteiger partial charge >= 0.3 is 0 Å². The Bertz CT molecular complexity index is 401. The van der Waals surface area contributed by atoms with E-state index in [4.69, 9.17) is 0 Å². The zero-order valence-electron chi connectivity index (χ0n) is 8.69. The highest BCUT2D eigenvalue weighted by molar-refractivity contribution is 9.10. The molecule has 6 heteroatoms. The molecule has 0 bridgehead atoms. The Morgan fingerprint density at radius 2 is 2.62 bits per heavy atom. The molecule has 5 nitrogen and oxygen atoms in total. The van der Waals surface area contributed by atoms with Crippen LogP contribution in [0, 0.1) is 0 Å². The fourth-order valence-corrected chi connectivity index (χ4v) is 1.84. The van der Waals surface area contributed by atoms with E-state index >= 15 is 0 Å². The number of carbonyl (C=O) groups is 1. The SMILES string of the molecule is O=C(NCCn1cc(Br)cn1)C1C=CCN1. The molecule has 2 rings (SSSR count). The Kier molecular flexibility index (Phi) is 3.74. The lowest BCUT2D eigenvalue weighted by Gasteiger charge is -2.10. The quantitative estimate of drug-likeness (QED) is 0.782. The summed E-state index contributed by atoms with van der Waals surface area (Å²) < 4.78 is 2.72. The van der Waals surface area contributed by atoms with Crippen LogP contribution in [0.2, 0.25) is 0 Å². The van der Waals surface area contributed by atoms with E-state index < -0.39 is 0 Å². The zero-order valence-corrected chi connectivity index (χ0v) is 10.3. The third-order valence-corrected chi connectivity index (χ3v) is 2.72. The number of carbonyl (C=O) groups excluding carboxylic acids is 1. The van der Waals surface area contributed by atoms with Gasteiger partial charge in [-0.1, -0.05) is 12.2 Å². The van der Waals surface area contributed by atoms with Gasteiger partial charge in [-0.05, 0) is 15.9 Å². The Labute approximate surface area is 102 Å². The average Bonchev–Trinajstić information content (AvgIpc) is 2.89. The maximum absolute atomic E-state index is 11.6. The smallest absolute Gasteiger partial charge is 0.241 e. The van der Waals surface area contributed by atoms with Crippen LogP contribution in [-0.2, 0) is 11.3 Å². The topological polar surface area (TPSA) is 59.0 Å². The summed E-state index contributed by atoms with van der Waals surface area (Å²) in [5.41, 5.74) is 0. The molecule has 0 saturated heterocycles. The van der Waals surface area contributed by atoms with Gasteiger partial charge in [0.15, 0.2) is 0 Å². The molecule has 86 valence electrons. The van der Waals surface area contributed by atoms with E-state index in [9.17, 15) is 4.79 Å². The number of rotatable bonds is 4. The predicted octanol–water partition coefficient (Wildman–Crippen LogP) is 0.290. The molecule has 2 N–H and O–H groups in total. The fourth-order valence-electron chi connectivity index (χ4n) is 1.51. The molecule has 0 saturated carbocycles. The van der Waals surface area contributed by atoms with Crippen LogP contribution in [0.15, 0.2) is 29.0 Å². The van der Waals surface area contributed by atoms with E-state index in [0.29, 0.717) is 13.1 Å². The van der Waals surface area contributed by atoms with Gasteiger partial charge in [0.25, 0.3) is 0 Å². The number of hydrogen-bond acceptors (Lipinski definition) is 3. The van der Waals surface area contributed by atoms with Crippen LogP contribution >= 0.6 is 15.9 Å². The molecular weight excluding hydrogens is 272 g/mol. The third-order valence-electron chi connectivity index (χ3n) is 2.31. The molecule has 1 unspecified atom stereocenters. The summed E-state index contributed by atoms with van der Waals surface area (Å²) in [6, 6.07) is -0.177. The fraction of sp³-hybridized carbons (Fsp3) is 0.400. The molecule has 0 aliphatic carbocycles. The van der Waals surface area contributed by atoms with Gasteiger partial charge in [0.2, 0.25) is 5.91 Å². The zero-order chi connectivity index (χ0) is 11.4. The van der Waals surface area contributed by atoms with Crippen LogP contribution in [0.5, 0.6) is 0 Å². The summed E-state index contributed by atoms with van der Waals surface area (Å²) in [6.07, 6.45) is 7.43. The van der Waals surface area contributed by atoms with Crippen molar-refractivity contribution in [3.63, 3.8) is 0 Å². The van der Waals surface area contributed by atoms with E-state index in [2.05, 4.69) is 31.7 Å². The molecule has 1 aliphatic heterocycles. The van der Waals surface area contributed by atoms with Gasteiger partial charge in [-0.3, -0.25) is 14.8 Å². The van der Waals surface area contributed by atoms with Gasteiger partial charge in [0, 0.05) is 19.3 Å².